The molecule has 5 atom stereocenters. The van der Waals surface area contributed by atoms with Crippen LogP contribution >= 0.6 is 0 Å². The fourth-order valence-corrected chi connectivity index (χ4v) is 4.76. The van der Waals surface area contributed by atoms with Gasteiger partial charge in [0.25, 0.3) is 0 Å². The second-order valence-corrected chi connectivity index (χ2v) is 7.35. The van der Waals surface area contributed by atoms with E-state index in [1.807, 2.05) is 12.2 Å². The van der Waals surface area contributed by atoms with Crippen LogP contribution in [0, 0.1) is 17.8 Å². The summed E-state index contributed by atoms with van der Waals surface area (Å²) >= 11 is 0. The Morgan fingerprint density at radius 1 is 1.36 bits per heavy atom. The van der Waals surface area contributed by atoms with Crippen LogP contribution in [0.3, 0.4) is 0 Å². The number of hydrogen-bond donors (Lipinski definition) is 2. The predicted molar refractivity (Wildman–Crippen MR) is 83.3 cm³/mol. The average molecular weight is 308 g/mol. The van der Waals surface area contributed by atoms with E-state index in [2.05, 4.69) is 0 Å². The number of aliphatic hydroxyl groups is 2. The second kappa shape index (κ2) is 6.42. The van der Waals surface area contributed by atoms with Crippen molar-refractivity contribution in [2.45, 2.75) is 69.2 Å². The fourth-order valence-electron chi connectivity index (χ4n) is 4.76. The maximum Gasteiger partial charge on any atom is 0.165 e. The van der Waals surface area contributed by atoms with Crippen molar-refractivity contribution in [3.05, 3.63) is 12.2 Å². The SMILES string of the molecule is CO[C@@]12CC[C@H](O)[C@@H](/C=C/[C@@H](O)CC3CCCC3)[C@@H]1CC2=O. The normalized spacial score (nSPS) is 40.7. The summed E-state index contributed by atoms with van der Waals surface area (Å²) in [6.45, 7) is 0. The number of carbonyl (C=O) groups is 1. The summed E-state index contributed by atoms with van der Waals surface area (Å²) in [6, 6.07) is 0. The van der Waals surface area contributed by atoms with Crippen LogP contribution in [-0.2, 0) is 9.53 Å². The Balaban J connectivity index is 1.62. The third kappa shape index (κ3) is 2.77. The molecule has 4 heteroatoms. The number of ketones is 1. The van der Waals surface area contributed by atoms with Gasteiger partial charge in [-0.2, -0.15) is 0 Å². The van der Waals surface area contributed by atoms with Gasteiger partial charge >= 0.3 is 0 Å². The molecular weight excluding hydrogens is 280 g/mol. The quantitative estimate of drug-likeness (QED) is 0.764. The first kappa shape index (κ1) is 16.2. The molecule has 22 heavy (non-hydrogen) atoms. The summed E-state index contributed by atoms with van der Waals surface area (Å²) in [5.74, 6) is 0.782. The van der Waals surface area contributed by atoms with E-state index in [4.69, 9.17) is 4.74 Å². The molecule has 3 aliphatic rings. The van der Waals surface area contributed by atoms with E-state index < -0.39 is 17.8 Å². The van der Waals surface area contributed by atoms with E-state index in [1.165, 1.54) is 25.7 Å². The lowest BCUT2D eigenvalue weighted by atomic mass is 9.55. The molecule has 0 radical (unpaired) electrons. The van der Waals surface area contributed by atoms with Crippen LogP contribution in [0.15, 0.2) is 12.2 Å². The van der Waals surface area contributed by atoms with Crippen molar-refractivity contribution in [2.24, 2.45) is 17.8 Å². The molecule has 0 bridgehead atoms. The lowest BCUT2D eigenvalue weighted by molar-refractivity contribution is -0.191. The predicted octanol–water partition coefficient (Wildman–Crippen LogP) is 2.23. The Morgan fingerprint density at radius 3 is 2.73 bits per heavy atom. The Kier molecular flexibility index (Phi) is 4.72. The number of ether oxygens (including phenoxy) is 1. The lowest BCUT2D eigenvalue weighted by Gasteiger charge is -2.54. The largest absolute Gasteiger partial charge is 0.393 e. The van der Waals surface area contributed by atoms with Gasteiger partial charge in [-0.3, -0.25) is 4.79 Å². The van der Waals surface area contributed by atoms with Crippen LogP contribution in [0.2, 0.25) is 0 Å². The molecule has 0 heterocycles. The third-order valence-electron chi connectivity index (χ3n) is 6.17. The molecule has 0 aliphatic heterocycles. The molecule has 3 saturated carbocycles. The molecule has 0 unspecified atom stereocenters. The van der Waals surface area contributed by atoms with E-state index in [9.17, 15) is 15.0 Å². The van der Waals surface area contributed by atoms with Crippen molar-refractivity contribution >= 4 is 5.78 Å². The van der Waals surface area contributed by atoms with Crippen molar-refractivity contribution in [3.8, 4) is 0 Å². The lowest BCUT2D eigenvalue weighted by Crippen LogP contribution is -2.64. The summed E-state index contributed by atoms with van der Waals surface area (Å²) in [6.07, 6.45) is 10.4. The fraction of sp³-hybridized carbons (Fsp3) is 0.833. The van der Waals surface area contributed by atoms with Gasteiger partial charge in [-0.25, -0.2) is 0 Å². The Hall–Kier alpha value is -0.710. The molecule has 2 N–H and O–H groups in total. The number of carbonyl (C=O) groups excluding carboxylic acids is 1. The van der Waals surface area contributed by atoms with E-state index in [1.54, 1.807) is 7.11 Å². The molecule has 0 amide bonds. The molecule has 3 aliphatic carbocycles. The highest BCUT2D eigenvalue weighted by molar-refractivity contribution is 5.94. The molecule has 0 aromatic carbocycles. The van der Waals surface area contributed by atoms with Crippen LogP contribution in [0.4, 0.5) is 0 Å². The highest BCUT2D eigenvalue weighted by Crippen LogP contribution is 2.51. The van der Waals surface area contributed by atoms with Crippen molar-refractivity contribution in [1.82, 2.24) is 0 Å². The first-order chi connectivity index (χ1) is 10.6. The van der Waals surface area contributed by atoms with E-state index >= 15 is 0 Å². The van der Waals surface area contributed by atoms with Gasteiger partial charge in [0, 0.05) is 25.4 Å². The number of rotatable bonds is 5. The minimum atomic E-state index is -0.676. The smallest absolute Gasteiger partial charge is 0.165 e. The zero-order valence-corrected chi connectivity index (χ0v) is 13.4. The van der Waals surface area contributed by atoms with Crippen molar-refractivity contribution in [2.75, 3.05) is 7.11 Å². The Bertz CT molecular complexity index is 440. The van der Waals surface area contributed by atoms with Crippen LogP contribution in [0.5, 0.6) is 0 Å². The second-order valence-electron chi connectivity index (χ2n) is 7.35. The highest BCUT2D eigenvalue weighted by atomic mass is 16.5. The zero-order chi connectivity index (χ0) is 15.7. The van der Waals surface area contributed by atoms with Crippen molar-refractivity contribution < 1.29 is 19.7 Å². The Labute approximate surface area is 132 Å². The first-order valence-corrected chi connectivity index (χ1v) is 8.69. The number of Topliss-reactive ketones (excluding diaryl/α,β-unsaturated/α-hetero) is 1. The molecule has 3 rings (SSSR count). The standard InChI is InChI=1S/C18H28O4/c1-22-18-9-8-16(20)14(15(18)11-17(18)21)7-6-13(19)10-12-4-2-3-5-12/h6-7,12-16,19-20H,2-5,8-11H2,1H3/b7-6+/t13-,14+,15+,16+,18+/m1/s1. The number of methoxy groups -OCH3 is 1. The van der Waals surface area contributed by atoms with Crippen LogP contribution in [0.25, 0.3) is 0 Å². The Morgan fingerprint density at radius 2 is 2.09 bits per heavy atom. The van der Waals surface area contributed by atoms with Gasteiger partial charge in [-0.15, -0.1) is 0 Å². The van der Waals surface area contributed by atoms with E-state index in [-0.39, 0.29) is 17.6 Å². The van der Waals surface area contributed by atoms with Gasteiger partial charge in [-0.05, 0) is 25.2 Å². The van der Waals surface area contributed by atoms with Crippen LogP contribution < -0.4 is 0 Å². The minimum Gasteiger partial charge on any atom is -0.393 e. The third-order valence-corrected chi connectivity index (χ3v) is 6.17. The molecule has 124 valence electrons. The number of hydrogen-bond acceptors (Lipinski definition) is 4. The van der Waals surface area contributed by atoms with Gasteiger partial charge in [0.2, 0.25) is 0 Å². The molecule has 0 spiro atoms. The van der Waals surface area contributed by atoms with E-state index in [0.29, 0.717) is 25.2 Å². The van der Waals surface area contributed by atoms with Crippen LogP contribution in [-0.4, -0.2) is 40.9 Å². The zero-order valence-electron chi connectivity index (χ0n) is 13.4. The van der Waals surface area contributed by atoms with E-state index in [0.717, 1.165) is 6.42 Å². The molecule has 0 aromatic rings. The van der Waals surface area contributed by atoms with Crippen molar-refractivity contribution in [3.63, 3.8) is 0 Å². The minimum absolute atomic E-state index is 0.0590. The number of aliphatic hydroxyl groups excluding tert-OH is 2. The molecule has 3 fully saturated rings. The van der Waals surface area contributed by atoms with Gasteiger partial charge in [-0.1, -0.05) is 37.8 Å². The van der Waals surface area contributed by atoms with Crippen LogP contribution in [0.1, 0.15) is 51.4 Å². The maximum atomic E-state index is 12.0. The first-order valence-electron chi connectivity index (χ1n) is 8.69. The highest BCUT2D eigenvalue weighted by Gasteiger charge is 2.60. The summed E-state index contributed by atoms with van der Waals surface area (Å²) in [4.78, 5) is 12.0. The monoisotopic (exact) mass is 308 g/mol. The van der Waals surface area contributed by atoms with Gasteiger partial charge in [0.15, 0.2) is 5.78 Å². The summed E-state index contributed by atoms with van der Waals surface area (Å²) in [5.41, 5.74) is -0.676. The average Bonchev–Trinajstić information content (AvgIpc) is 2.99. The maximum absolute atomic E-state index is 12.0. The molecule has 0 saturated heterocycles. The summed E-state index contributed by atoms with van der Waals surface area (Å²) in [7, 11) is 1.59. The number of fused-ring (bicyclic) bond motifs is 1. The van der Waals surface area contributed by atoms with Gasteiger partial charge in [0.05, 0.1) is 12.2 Å². The topological polar surface area (TPSA) is 66.8 Å². The molecule has 0 aromatic heterocycles. The molecule has 4 nitrogen and oxygen atoms in total. The molecular formula is C18H28O4. The van der Waals surface area contributed by atoms with Gasteiger partial charge in [0.1, 0.15) is 5.60 Å². The summed E-state index contributed by atoms with van der Waals surface area (Å²) in [5, 5.41) is 20.5. The van der Waals surface area contributed by atoms with Gasteiger partial charge < -0.3 is 14.9 Å². The summed E-state index contributed by atoms with van der Waals surface area (Å²) < 4.78 is 5.53. The van der Waals surface area contributed by atoms with Crippen molar-refractivity contribution in [1.29, 1.82) is 0 Å².